The number of hydrazine groups is 2. The number of nitrogens with one attached hydrogen (secondary N) is 3. The van der Waals surface area contributed by atoms with E-state index >= 15 is 0 Å². The summed E-state index contributed by atoms with van der Waals surface area (Å²) in [6, 6.07) is 10.8. The summed E-state index contributed by atoms with van der Waals surface area (Å²) in [6.07, 6.45) is -2.77. The number of sulfonamides is 1. The highest BCUT2D eigenvalue weighted by atomic mass is 32.2. The molecular weight excluding hydrogens is 445 g/mol. The first-order valence-corrected chi connectivity index (χ1v) is 11.2. The number of halogens is 3. The molecule has 0 spiro atoms. The van der Waals surface area contributed by atoms with E-state index in [1.165, 1.54) is 35.7 Å². The maximum absolute atomic E-state index is 13.5. The lowest BCUT2D eigenvalue weighted by Gasteiger charge is -2.37. The van der Waals surface area contributed by atoms with Gasteiger partial charge in [-0.3, -0.25) is 0 Å². The molecule has 0 fully saturated rings. The predicted molar refractivity (Wildman–Crippen MR) is 114 cm³/mol. The first kappa shape index (κ1) is 24.1. The minimum atomic E-state index is -4.41. The average Bonchev–Trinajstić information content (AvgIpc) is 3.29. The Balaban J connectivity index is 1.91. The van der Waals surface area contributed by atoms with E-state index in [-0.39, 0.29) is 18.0 Å². The van der Waals surface area contributed by atoms with Crippen LogP contribution in [0.1, 0.15) is 19.4 Å². The van der Waals surface area contributed by atoms with Crippen molar-refractivity contribution < 1.29 is 26.3 Å². The van der Waals surface area contributed by atoms with Gasteiger partial charge in [0.25, 0.3) is 0 Å². The smallest absolute Gasteiger partial charge is 0.383 e. The molecule has 0 saturated carbocycles. The summed E-state index contributed by atoms with van der Waals surface area (Å²) in [5.41, 5.74) is 8.48. The molecular formula is C21H25F3N4O3S. The van der Waals surface area contributed by atoms with Gasteiger partial charge in [-0.15, -0.1) is 0 Å². The zero-order valence-corrected chi connectivity index (χ0v) is 18.6. The third-order valence-electron chi connectivity index (χ3n) is 5.25. The maximum Gasteiger partial charge on any atom is 0.416 e. The monoisotopic (exact) mass is 470 g/mol. The van der Waals surface area contributed by atoms with Gasteiger partial charge >= 0.3 is 6.18 Å². The molecule has 0 unspecified atom stereocenters. The van der Waals surface area contributed by atoms with Crippen molar-refractivity contribution in [3.63, 3.8) is 0 Å². The Labute approximate surface area is 185 Å². The first-order valence-electron chi connectivity index (χ1n) is 9.74. The van der Waals surface area contributed by atoms with Gasteiger partial charge in [-0.1, -0.05) is 24.3 Å². The minimum Gasteiger partial charge on any atom is -0.383 e. The second-order valence-electron chi connectivity index (χ2n) is 7.68. The number of rotatable bonds is 8. The number of alkyl halides is 3. The Morgan fingerprint density at radius 3 is 2.00 bits per heavy atom. The fourth-order valence-corrected chi connectivity index (χ4v) is 5.13. The SMILES string of the molecule is COCCN(C(C)(C)C1=CNNN1)S(=O)(=O)c1ccc(-c2ccc(C(F)(F)F)cc2)cc1. The zero-order valence-electron chi connectivity index (χ0n) is 17.8. The summed E-state index contributed by atoms with van der Waals surface area (Å²) in [5, 5.41) is 0. The van der Waals surface area contributed by atoms with E-state index in [9.17, 15) is 21.6 Å². The summed E-state index contributed by atoms with van der Waals surface area (Å²) in [6.45, 7) is 3.85. The Morgan fingerprint density at radius 2 is 1.53 bits per heavy atom. The van der Waals surface area contributed by atoms with Gasteiger partial charge in [0, 0.05) is 19.9 Å². The molecule has 3 N–H and O–H groups in total. The van der Waals surface area contributed by atoms with Crippen molar-refractivity contribution in [3.8, 4) is 11.1 Å². The van der Waals surface area contributed by atoms with Gasteiger partial charge < -0.3 is 15.6 Å². The number of methoxy groups -OCH3 is 1. The molecule has 3 rings (SSSR count). The molecule has 7 nitrogen and oxygen atoms in total. The molecule has 11 heteroatoms. The van der Waals surface area contributed by atoms with Gasteiger partial charge in [-0.25, -0.2) is 8.42 Å². The molecule has 1 heterocycles. The summed E-state index contributed by atoms with van der Waals surface area (Å²) >= 11 is 0. The lowest BCUT2D eigenvalue weighted by atomic mass is 10.0. The molecule has 0 saturated heterocycles. The summed E-state index contributed by atoms with van der Waals surface area (Å²) in [4.78, 5) is 0.0665. The van der Waals surface area contributed by atoms with Crippen LogP contribution in [0.4, 0.5) is 13.2 Å². The highest BCUT2D eigenvalue weighted by molar-refractivity contribution is 7.89. The molecule has 0 aliphatic carbocycles. The highest BCUT2D eigenvalue weighted by Gasteiger charge is 2.40. The van der Waals surface area contributed by atoms with E-state index < -0.39 is 27.3 Å². The van der Waals surface area contributed by atoms with Gasteiger partial charge in [-0.05, 0) is 49.2 Å². The second kappa shape index (κ2) is 9.10. The Hall–Kier alpha value is -2.60. The maximum atomic E-state index is 13.5. The van der Waals surface area contributed by atoms with Crippen molar-refractivity contribution in [2.24, 2.45) is 0 Å². The fraction of sp³-hybridized carbons (Fsp3) is 0.333. The van der Waals surface area contributed by atoms with E-state index in [2.05, 4.69) is 16.4 Å². The molecule has 0 aromatic heterocycles. The quantitative estimate of drug-likeness (QED) is 0.550. The normalized spacial score (nSPS) is 14.8. The van der Waals surface area contributed by atoms with Crippen LogP contribution in [0, 0.1) is 0 Å². The number of ether oxygens (including phenoxy) is 1. The fourth-order valence-electron chi connectivity index (χ4n) is 3.38. The molecule has 0 amide bonds. The van der Waals surface area contributed by atoms with Crippen LogP contribution in [0.5, 0.6) is 0 Å². The third kappa shape index (κ3) is 4.90. The van der Waals surface area contributed by atoms with E-state index in [4.69, 9.17) is 4.74 Å². The Bertz CT molecular complexity index is 1070. The predicted octanol–water partition coefficient (Wildman–Crippen LogP) is 3.24. The standard InChI is InChI=1S/C21H25F3N4O3S/c1-20(2,19-14-25-27-26-19)28(12-13-31-3)32(29,30)18-10-6-16(7-11-18)15-4-8-17(9-5-15)21(22,23)24/h4-11,14,25-27H,12-13H2,1-3H3. The molecule has 1 aliphatic rings. The van der Waals surface area contributed by atoms with E-state index in [1.807, 2.05) is 0 Å². The van der Waals surface area contributed by atoms with Gasteiger partial charge in [0.2, 0.25) is 10.0 Å². The number of hydrogen-bond acceptors (Lipinski definition) is 6. The molecule has 0 atom stereocenters. The Morgan fingerprint density at radius 1 is 0.969 bits per heavy atom. The van der Waals surface area contributed by atoms with E-state index in [0.29, 0.717) is 16.8 Å². The lowest BCUT2D eigenvalue weighted by molar-refractivity contribution is -0.137. The molecule has 32 heavy (non-hydrogen) atoms. The summed E-state index contributed by atoms with van der Waals surface area (Å²) in [7, 11) is -2.43. The lowest BCUT2D eigenvalue weighted by Crippen LogP contribution is -2.53. The van der Waals surface area contributed by atoms with Crippen LogP contribution in [0.15, 0.2) is 65.3 Å². The average molecular weight is 471 g/mol. The first-order chi connectivity index (χ1) is 15.0. The van der Waals surface area contributed by atoms with Crippen molar-refractivity contribution in [1.82, 2.24) is 20.7 Å². The summed E-state index contributed by atoms with van der Waals surface area (Å²) < 4.78 is 71.8. The molecule has 1 aliphatic heterocycles. The van der Waals surface area contributed by atoms with Crippen LogP contribution >= 0.6 is 0 Å². The number of nitrogens with zero attached hydrogens (tertiary/aromatic N) is 1. The molecule has 2 aromatic rings. The Kier molecular flexibility index (Phi) is 6.84. The van der Waals surface area contributed by atoms with Crippen molar-refractivity contribution in [2.75, 3.05) is 20.3 Å². The highest BCUT2D eigenvalue weighted by Crippen LogP contribution is 2.33. The van der Waals surface area contributed by atoms with Gasteiger partial charge in [0.15, 0.2) is 0 Å². The minimum absolute atomic E-state index is 0.0665. The van der Waals surface area contributed by atoms with Crippen molar-refractivity contribution in [1.29, 1.82) is 0 Å². The van der Waals surface area contributed by atoms with E-state index in [1.54, 1.807) is 32.2 Å². The van der Waals surface area contributed by atoms with Crippen LogP contribution in [0.25, 0.3) is 11.1 Å². The van der Waals surface area contributed by atoms with Crippen LogP contribution in [0.3, 0.4) is 0 Å². The topological polar surface area (TPSA) is 82.7 Å². The van der Waals surface area contributed by atoms with Gasteiger partial charge in [-0.2, -0.15) is 23.0 Å². The van der Waals surface area contributed by atoms with Crippen molar-refractivity contribution >= 4 is 10.0 Å². The summed E-state index contributed by atoms with van der Waals surface area (Å²) in [5.74, 6) is 0. The van der Waals surface area contributed by atoms with Gasteiger partial charge in [0.05, 0.1) is 28.3 Å². The van der Waals surface area contributed by atoms with E-state index in [0.717, 1.165) is 12.1 Å². The van der Waals surface area contributed by atoms with Crippen LogP contribution in [-0.2, 0) is 20.9 Å². The van der Waals surface area contributed by atoms with Gasteiger partial charge in [0.1, 0.15) is 0 Å². The molecule has 0 radical (unpaired) electrons. The van der Waals surface area contributed by atoms with Crippen LogP contribution in [-0.4, -0.2) is 38.5 Å². The third-order valence-corrected chi connectivity index (χ3v) is 7.34. The number of hydrogen-bond donors (Lipinski definition) is 3. The zero-order chi connectivity index (χ0) is 23.6. The molecule has 174 valence electrons. The largest absolute Gasteiger partial charge is 0.416 e. The van der Waals surface area contributed by atoms with Crippen molar-refractivity contribution in [3.05, 3.63) is 66.0 Å². The van der Waals surface area contributed by atoms with Crippen molar-refractivity contribution in [2.45, 2.75) is 30.5 Å². The van der Waals surface area contributed by atoms with Crippen LogP contribution in [0.2, 0.25) is 0 Å². The molecule has 2 aromatic carbocycles. The number of benzene rings is 2. The second-order valence-corrected chi connectivity index (χ2v) is 9.54. The van der Waals surface area contributed by atoms with Crippen LogP contribution < -0.4 is 16.4 Å². The molecule has 0 bridgehead atoms.